The van der Waals surface area contributed by atoms with E-state index < -0.39 is 7.92 Å². The van der Waals surface area contributed by atoms with Crippen molar-refractivity contribution in [2.24, 2.45) is 0 Å². The maximum absolute atomic E-state index is 4.51. The lowest BCUT2D eigenvalue weighted by Gasteiger charge is -2.18. The molecule has 0 spiro atoms. The highest BCUT2D eigenvalue weighted by Crippen LogP contribution is 2.37. The van der Waals surface area contributed by atoms with E-state index in [-0.39, 0.29) is 5.41 Å². The van der Waals surface area contributed by atoms with Crippen LogP contribution in [0.2, 0.25) is 0 Å². The summed E-state index contributed by atoms with van der Waals surface area (Å²) in [6.45, 7) is 6.60. The Morgan fingerprint density at radius 3 is 1.83 bits per heavy atom. The van der Waals surface area contributed by atoms with Gasteiger partial charge >= 0.3 is 0 Å². The van der Waals surface area contributed by atoms with E-state index in [0.29, 0.717) is 0 Å². The number of hydrogen-bond acceptors (Lipinski definition) is 1. The second-order valence-corrected chi connectivity index (χ2v) is 8.99. The number of benzene rings is 2. The summed E-state index contributed by atoms with van der Waals surface area (Å²) >= 11 is 0. The van der Waals surface area contributed by atoms with Gasteiger partial charge in [0, 0.05) is 17.3 Å². The predicted octanol–water partition coefficient (Wildman–Crippen LogP) is 4.34. The molecule has 118 valence electrons. The van der Waals surface area contributed by atoms with Gasteiger partial charge in [-0.25, -0.2) is 0 Å². The van der Waals surface area contributed by atoms with Crippen LogP contribution in [0.1, 0.15) is 32.2 Å². The first kappa shape index (κ1) is 16.0. The zero-order valence-corrected chi connectivity index (χ0v) is 14.8. The molecule has 2 nitrogen and oxygen atoms in total. The summed E-state index contributed by atoms with van der Waals surface area (Å²) in [6.07, 6.45) is 0.992. The maximum atomic E-state index is 4.51. The van der Waals surface area contributed by atoms with Crippen molar-refractivity contribution in [2.45, 2.75) is 32.3 Å². The predicted molar refractivity (Wildman–Crippen MR) is 100 cm³/mol. The summed E-state index contributed by atoms with van der Waals surface area (Å²) in [4.78, 5) is 0. The molecule has 0 aliphatic rings. The molecule has 0 saturated carbocycles. The highest BCUT2D eigenvalue weighted by molar-refractivity contribution is 7.72. The molecule has 3 rings (SSSR count). The molecule has 0 aliphatic heterocycles. The Labute approximate surface area is 139 Å². The monoisotopic (exact) mass is 322 g/mol. The van der Waals surface area contributed by atoms with E-state index in [1.54, 1.807) is 0 Å². The minimum atomic E-state index is -0.421. The van der Waals surface area contributed by atoms with Gasteiger partial charge in [0.25, 0.3) is 0 Å². The topological polar surface area (TPSA) is 28.7 Å². The van der Waals surface area contributed by atoms with E-state index in [1.165, 1.54) is 16.3 Å². The lowest BCUT2D eigenvalue weighted by molar-refractivity contribution is 0.567. The smallest absolute Gasteiger partial charge is 0.0678 e. The SMILES string of the molecule is CC(C)(C)c1cc(CP(c2ccccc2)c2ccccc2)[nH]n1. The average molecular weight is 322 g/mol. The summed E-state index contributed by atoms with van der Waals surface area (Å²) in [5.74, 6) is 0. The number of hydrogen-bond donors (Lipinski definition) is 1. The number of nitrogens with zero attached hydrogens (tertiary/aromatic N) is 1. The van der Waals surface area contributed by atoms with Crippen LogP contribution in [0.25, 0.3) is 0 Å². The molecule has 0 unspecified atom stereocenters. The fourth-order valence-electron chi connectivity index (χ4n) is 2.54. The van der Waals surface area contributed by atoms with Gasteiger partial charge in [-0.15, -0.1) is 0 Å². The summed E-state index contributed by atoms with van der Waals surface area (Å²) in [5.41, 5.74) is 2.43. The second-order valence-electron chi connectivity index (χ2n) is 6.79. The van der Waals surface area contributed by atoms with Crippen LogP contribution in [0.15, 0.2) is 66.7 Å². The van der Waals surface area contributed by atoms with Crippen molar-refractivity contribution < 1.29 is 0 Å². The van der Waals surface area contributed by atoms with Gasteiger partial charge in [-0.3, -0.25) is 5.10 Å². The fraction of sp³-hybridized carbons (Fsp3) is 0.250. The van der Waals surface area contributed by atoms with Crippen LogP contribution >= 0.6 is 7.92 Å². The Hall–Kier alpha value is -1.92. The first-order chi connectivity index (χ1) is 11.0. The van der Waals surface area contributed by atoms with Crippen molar-refractivity contribution in [2.75, 3.05) is 0 Å². The van der Waals surface area contributed by atoms with Crippen molar-refractivity contribution in [3.05, 3.63) is 78.1 Å². The van der Waals surface area contributed by atoms with Gasteiger partial charge in [0.15, 0.2) is 0 Å². The molecular formula is C20H23N2P. The first-order valence-corrected chi connectivity index (χ1v) is 9.49. The van der Waals surface area contributed by atoms with Gasteiger partial charge in [0.1, 0.15) is 0 Å². The standard InChI is InChI=1S/C20H23N2P/c1-20(2,3)19-14-16(21-22-19)15-23(17-10-6-4-7-11-17)18-12-8-5-9-13-18/h4-14H,15H2,1-3H3,(H,21,22). The minimum Gasteiger partial charge on any atom is -0.282 e. The van der Waals surface area contributed by atoms with Crippen LogP contribution in [-0.4, -0.2) is 10.2 Å². The molecule has 0 fully saturated rings. The van der Waals surface area contributed by atoms with Gasteiger partial charge in [0.05, 0.1) is 5.69 Å². The van der Waals surface area contributed by atoms with E-state index in [1.807, 2.05) is 0 Å². The summed E-state index contributed by atoms with van der Waals surface area (Å²) in [7, 11) is -0.421. The largest absolute Gasteiger partial charge is 0.282 e. The van der Waals surface area contributed by atoms with Crippen LogP contribution in [0, 0.1) is 0 Å². The van der Waals surface area contributed by atoms with E-state index in [9.17, 15) is 0 Å². The molecule has 23 heavy (non-hydrogen) atoms. The van der Waals surface area contributed by atoms with Gasteiger partial charge < -0.3 is 0 Å². The van der Waals surface area contributed by atoms with Crippen LogP contribution < -0.4 is 10.6 Å². The Morgan fingerprint density at radius 1 is 0.870 bits per heavy atom. The van der Waals surface area contributed by atoms with Crippen molar-refractivity contribution >= 4 is 18.5 Å². The van der Waals surface area contributed by atoms with E-state index in [2.05, 4.69) is 97.7 Å². The maximum Gasteiger partial charge on any atom is 0.0678 e. The molecule has 0 amide bonds. The van der Waals surface area contributed by atoms with Crippen LogP contribution in [-0.2, 0) is 11.6 Å². The molecule has 0 aliphatic carbocycles. The molecule has 3 aromatic rings. The molecule has 2 aromatic carbocycles. The molecule has 1 N–H and O–H groups in total. The summed E-state index contributed by atoms with van der Waals surface area (Å²) in [5, 5.41) is 10.6. The van der Waals surface area contributed by atoms with Gasteiger partial charge in [-0.05, 0) is 24.6 Å². The lowest BCUT2D eigenvalue weighted by atomic mass is 9.92. The molecule has 3 heteroatoms. The molecule has 1 heterocycles. The van der Waals surface area contributed by atoms with Crippen molar-refractivity contribution in [1.82, 2.24) is 10.2 Å². The van der Waals surface area contributed by atoms with Gasteiger partial charge in [-0.2, -0.15) is 5.10 Å². The highest BCUT2D eigenvalue weighted by Gasteiger charge is 2.20. The fourth-order valence-corrected chi connectivity index (χ4v) is 4.77. The molecule has 0 bridgehead atoms. The zero-order chi connectivity index (χ0) is 16.3. The quantitative estimate of drug-likeness (QED) is 0.711. The van der Waals surface area contributed by atoms with E-state index in [4.69, 9.17) is 0 Å². The number of nitrogens with one attached hydrogen (secondary N) is 1. The second kappa shape index (κ2) is 6.68. The van der Waals surface area contributed by atoms with Crippen LogP contribution in [0.4, 0.5) is 0 Å². The van der Waals surface area contributed by atoms with Gasteiger partial charge in [0.2, 0.25) is 0 Å². The molecule has 1 aromatic heterocycles. The Bertz CT molecular complexity index is 703. The number of aromatic amines is 1. The third-order valence-corrected chi connectivity index (χ3v) is 6.36. The minimum absolute atomic E-state index is 0.0804. The Morgan fingerprint density at radius 2 is 1.39 bits per heavy atom. The van der Waals surface area contributed by atoms with Crippen molar-refractivity contribution in [1.29, 1.82) is 0 Å². The number of rotatable bonds is 4. The summed E-state index contributed by atoms with van der Waals surface area (Å²) < 4.78 is 0. The Kier molecular flexibility index (Phi) is 4.63. The number of aromatic nitrogens is 2. The third kappa shape index (κ3) is 3.89. The molecule has 0 radical (unpaired) electrons. The summed E-state index contributed by atoms with van der Waals surface area (Å²) in [6, 6.07) is 23.8. The molecular weight excluding hydrogens is 299 g/mol. The van der Waals surface area contributed by atoms with E-state index >= 15 is 0 Å². The van der Waals surface area contributed by atoms with Crippen molar-refractivity contribution in [3.8, 4) is 0 Å². The third-order valence-electron chi connectivity index (χ3n) is 3.86. The van der Waals surface area contributed by atoms with Gasteiger partial charge in [-0.1, -0.05) is 81.4 Å². The van der Waals surface area contributed by atoms with Crippen molar-refractivity contribution in [3.63, 3.8) is 0 Å². The average Bonchev–Trinajstić information content (AvgIpc) is 3.03. The number of H-pyrrole nitrogens is 1. The highest BCUT2D eigenvalue weighted by atomic mass is 31.1. The molecule has 0 saturated heterocycles. The normalized spacial score (nSPS) is 11.8. The zero-order valence-electron chi connectivity index (χ0n) is 14.0. The lowest BCUT2D eigenvalue weighted by Crippen LogP contribution is -2.13. The Balaban J connectivity index is 1.92. The molecule has 0 atom stereocenters. The van der Waals surface area contributed by atoms with E-state index in [0.717, 1.165) is 11.9 Å². The van der Waals surface area contributed by atoms with Crippen LogP contribution in [0.3, 0.4) is 0 Å². The first-order valence-electron chi connectivity index (χ1n) is 7.96. The van der Waals surface area contributed by atoms with Crippen LogP contribution in [0.5, 0.6) is 0 Å².